The minimum atomic E-state index is -0.240. The lowest BCUT2D eigenvalue weighted by atomic mass is 9.90. The number of hydrogen-bond acceptors (Lipinski definition) is 4. The summed E-state index contributed by atoms with van der Waals surface area (Å²) in [5.74, 6) is 0.609. The average Bonchev–Trinajstić information content (AvgIpc) is 2.98. The lowest BCUT2D eigenvalue weighted by molar-refractivity contribution is -0.0877. The van der Waals surface area contributed by atoms with Crippen molar-refractivity contribution in [1.82, 2.24) is 5.32 Å². The molecule has 1 aromatic carbocycles. The molecule has 132 valence electrons. The molecule has 0 bridgehead atoms. The highest BCUT2D eigenvalue weighted by atomic mass is 35.5. The standard InChI is InChI=1S/C17H23ClN2O4/c1-2-23-15-4-3-12(9-14(15)18)19-16(21)20-13-5-7-24-17(10-13)6-8-22-11-17/h3-4,9,13H,2,5-8,10-11H2,1H3,(H2,19,20,21). The Morgan fingerprint density at radius 1 is 1.46 bits per heavy atom. The van der Waals surface area contributed by atoms with Crippen LogP contribution in [0.5, 0.6) is 5.75 Å². The topological polar surface area (TPSA) is 68.8 Å². The van der Waals surface area contributed by atoms with Crippen molar-refractivity contribution in [2.75, 3.05) is 31.7 Å². The van der Waals surface area contributed by atoms with E-state index in [0.29, 0.717) is 36.3 Å². The van der Waals surface area contributed by atoms with Crippen molar-refractivity contribution in [3.05, 3.63) is 23.2 Å². The van der Waals surface area contributed by atoms with Gasteiger partial charge < -0.3 is 24.8 Å². The number of benzene rings is 1. The number of rotatable bonds is 4. The third kappa shape index (κ3) is 4.12. The first kappa shape index (κ1) is 17.3. The molecule has 2 unspecified atom stereocenters. The summed E-state index contributed by atoms with van der Waals surface area (Å²) in [5, 5.41) is 6.31. The lowest BCUT2D eigenvalue weighted by Crippen LogP contribution is -2.49. The zero-order chi connectivity index (χ0) is 17.0. The number of halogens is 1. The molecule has 2 N–H and O–H groups in total. The number of hydrogen-bond donors (Lipinski definition) is 2. The van der Waals surface area contributed by atoms with Gasteiger partial charge in [0.2, 0.25) is 0 Å². The second kappa shape index (κ2) is 7.59. The Morgan fingerprint density at radius 2 is 2.33 bits per heavy atom. The number of carbonyl (C=O) groups is 1. The molecular formula is C17H23ClN2O4. The van der Waals surface area contributed by atoms with E-state index >= 15 is 0 Å². The maximum absolute atomic E-state index is 12.2. The van der Waals surface area contributed by atoms with Gasteiger partial charge in [0.05, 0.1) is 23.8 Å². The van der Waals surface area contributed by atoms with Crippen LogP contribution in [0.1, 0.15) is 26.2 Å². The maximum Gasteiger partial charge on any atom is 0.319 e. The Hall–Kier alpha value is -1.50. The molecule has 24 heavy (non-hydrogen) atoms. The van der Waals surface area contributed by atoms with Crippen molar-refractivity contribution in [2.24, 2.45) is 0 Å². The van der Waals surface area contributed by atoms with E-state index in [4.69, 9.17) is 25.8 Å². The molecule has 1 aromatic rings. The van der Waals surface area contributed by atoms with Gasteiger partial charge in [0, 0.05) is 31.4 Å². The van der Waals surface area contributed by atoms with Crippen LogP contribution >= 0.6 is 11.6 Å². The Labute approximate surface area is 146 Å². The number of carbonyl (C=O) groups excluding carboxylic acids is 1. The van der Waals surface area contributed by atoms with Gasteiger partial charge in [0.15, 0.2) is 0 Å². The normalized spacial score (nSPS) is 26.3. The summed E-state index contributed by atoms with van der Waals surface area (Å²) in [4.78, 5) is 12.2. The largest absolute Gasteiger partial charge is 0.492 e. The van der Waals surface area contributed by atoms with Gasteiger partial charge in [-0.25, -0.2) is 4.79 Å². The zero-order valence-corrected chi connectivity index (χ0v) is 14.5. The summed E-state index contributed by atoms with van der Waals surface area (Å²) in [6, 6.07) is 5.05. The SMILES string of the molecule is CCOc1ccc(NC(=O)NC2CCOC3(CCOC3)C2)cc1Cl. The van der Waals surface area contributed by atoms with Gasteiger partial charge in [0.25, 0.3) is 0 Å². The minimum Gasteiger partial charge on any atom is -0.492 e. The second-order valence-electron chi connectivity index (χ2n) is 6.20. The molecular weight excluding hydrogens is 332 g/mol. The van der Waals surface area contributed by atoms with Crippen LogP contribution in [0.2, 0.25) is 5.02 Å². The molecule has 2 saturated heterocycles. The third-order valence-corrected chi connectivity index (χ3v) is 4.68. The molecule has 0 saturated carbocycles. The number of urea groups is 1. The molecule has 2 amide bonds. The molecule has 1 spiro atoms. The highest BCUT2D eigenvalue weighted by Gasteiger charge is 2.41. The molecule has 0 radical (unpaired) electrons. The number of nitrogens with one attached hydrogen (secondary N) is 2. The van der Waals surface area contributed by atoms with Gasteiger partial charge in [0.1, 0.15) is 5.75 Å². The van der Waals surface area contributed by atoms with Crippen molar-refractivity contribution < 1.29 is 19.0 Å². The van der Waals surface area contributed by atoms with Crippen LogP contribution in [0.4, 0.5) is 10.5 Å². The second-order valence-corrected chi connectivity index (χ2v) is 6.61. The van der Waals surface area contributed by atoms with Crippen molar-refractivity contribution in [3.8, 4) is 5.75 Å². The molecule has 6 nitrogen and oxygen atoms in total. The summed E-state index contributed by atoms with van der Waals surface area (Å²) >= 11 is 6.14. The molecule has 2 fully saturated rings. The van der Waals surface area contributed by atoms with Crippen molar-refractivity contribution >= 4 is 23.3 Å². The van der Waals surface area contributed by atoms with E-state index in [1.807, 2.05) is 6.92 Å². The summed E-state index contributed by atoms with van der Waals surface area (Å²) in [7, 11) is 0. The van der Waals surface area contributed by atoms with E-state index < -0.39 is 0 Å². The fraction of sp³-hybridized carbons (Fsp3) is 0.588. The Morgan fingerprint density at radius 3 is 3.04 bits per heavy atom. The summed E-state index contributed by atoms with van der Waals surface area (Å²) in [6.45, 7) is 4.42. The zero-order valence-electron chi connectivity index (χ0n) is 13.8. The van der Waals surface area contributed by atoms with Gasteiger partial charge >= 0.3 is 6.03 Å². The average molecular weight is 355 g/mol. The van der Waals surface area contributed by atoms with Crippen LogP contribution in [-0.4, -0.2) is 44.1 Å². The highest BCUT2D eigenvalue weighted by molar-refractivity contribution is 6.32. The van der Waals surface area contributed by atoms with Crippen molar-refractivity contribution in [2.45, 2.75) is 37.8 Å². The first-order valence-electron chi connectivity index (χ1n) is 8.32. The molecule has 2 aliphatic rings. The van der Waals surface area contributed by atoms with Crippen LogP contribution in [0.15, 0.2) is 18.2 Å². The number of anilines is 1. The summed E-state index contributed by atoms with van der Waals surface area (Å²) in [5.41, 5.74) is 0.408. The Kier molecular flexibility index (Phi) is 5.48. The van der Waals surface area contributed by atoms with E-state index in [0.717, 1.165) is 25.9 Å². The predicted molar refractivity (Wildman–Crippen MR) is 91.9 cm³/mol. The quantitative estimate of drug-likeness (QED) is 0.871. The first-order chi connectivity index (χ1) is 11.6. The number of amides is 2. The van der Waals surface area contributed by atoms with E-state index in [-0.39, 0.29) is 17.7 Å². The molecule has 7 heteroatoms. The van der Waals surface area contributed by atoms with Gasteiger partial charge in [-0.2, -0.15) is 0 Å². The molecule has 2 atom stereocenters. The maximum atomic E-state index is 12.2. The van der Waals surface area contributed by atoms with Crippen LogP contribution < -0.4 is 15.4 Å². The van der Waals surface area contributed by atoms with Crippen molar-refractivity contribution in [3.63, 3.8) is 0 Å². The van der Waals surface area contributed by atoms with Crippen molar-refractivity contribution in [1.29, 1.82) is 0 Å². The fourth-order valence-corrected chi connectivity index (χ4v) is 3.45. The van der Waals surface area contributed by atoms with Gasteiger partial charge in [-0.05, 0) is 38.0 Å². The van der Waals surface area contributed by atoms with Gasteiger partial charge in [-0.1, -0.05) is 11.6 Å². The summed E-state index contributed by atoms with van der Waals surface area (Å²) < 4.78 is 16.7. The molecule has 0 aliphatic carbocycles. The minimum absolute atomic E-state index is 0.0821. The van der Waals surface area contributed by atoms with E-state index in [1.54, 1.807) is 18.2 Å². The van der Waals surface area contributed by atoms with Crippen LogP contribution in [0, 0.1) is 0 Å². The van der Waals surface area contributed by atoms with Gasteiger partial charge in [-0.15, -0.1) is 0 Å². The van der Waals surface area contributed by atoms with E-state index in [2.05, 4.69) is 10.6 Å². The summed E-state index contributed by atoms with van der Waals surface area (Å²) in [6.07, 6.45) is 2.48. The Bertz CT molecular complexity index is 590. The predicted octanol–water partition coefficient (Wildman–Crippen LogP) is 3.20. The molecule has 0 aromatic heterocycles. The van der Waals surface area contributed by atoms with Crippen LogP contribution in [0.25, 0.3) is 0 Å². The van der Waals surface area contributed by atoms with E-state index in [1.165, 1.54) is 0 Å². The third-order valence-electron chi connectivity index (χ3n) is 4.38. The first-order valence-corrected chi connectivity index (χ1v) is 8.69. The Balaban J connectivity index is 1.54. The molecule has 2 heterocycles. The van der Waals surface area contributed by atoms with Gasteiger partial charge in [-0.3, -0.25) is 0 Å². The molecule has 3 rings (SSSR count). The van der Waals surface area contributed by atoms with E-state index in [9.17, 15) is 4.79 Å². The van der Waals surface area contributed by atoms with Crippen LogP contribution in [0.3, 0.4) is 0 Å². The lowest BCUT2D eigenvalue weighted by Gasteiger charge is -2.37. The molecule has 2 aliphatic heterocycles. The monoisotopic (exact) mass is 354 g/mol. The highest BCUT2D eigenvalue weighted by Crippen LogP contribution is 2.33. The number of ether oxygens (including phenoxy) is 3. The smallest absolute Gasteiger partial charge is 0.319 e. The fourth-order valence-electron chi connectivity index (χ4n) is 3.22. The van der Waals surface area contributed by atoms with Crippen LogP contribution in [-0.2, 0) is 9.47 Å².